The van der Waals surface area contributed by atoms with Crippen LogP contribution in [-0.2, 0) is 16.1 Å². The minimum atomic E-state index is -0.627. The van der Waals surface area contributed by atoms with Crippen molar-refractivity contribution in [3.05, 3.63) is 63.6 Å². The molecule has 0 bridgehead atoms. The number of rotatable bonds is 9. The predicted molar refractivity (Wildman–Crippen MR) is 114 cm³/mol. The Hall–Kier alpha value is -2.05. The third-order valence-electron chi connectivity index (χ3n) is 4.17. The average Bonchev–Trinajstić information content (AvgIpc) is 2.70. The maximum Gasteiger partial charge on any atom is 0.261 e. The quantitative estimate of drug-likeness (QED) is 0.594. The Morgan fingerprint density at radius 1 is 1.18 bits per heavy atom. The van der Waals surface area contributed by atoms with Gasteiger partial charge in [-0.05, 0) is 43.2 Å². The fourth-order valence-electron chi connectivity index (χ4n) is 2.55. The lowest BCUT2D eigenvalue weighted by Crippen LogP contribution is -2.49. The van der Waals surface area contributed by atoms with Gasteiger partial charge in [-0.15, -0.1) is 0 Å². The van der Waals surface area contributed by atoms with Crippen LogP contribution in [0.1, 0.15) is 25.8 Å². The normalized spacial score (nSPS) is 11.6. The first-order chi connectivity index (χ1) is 13.4. The molecule has 1 N–H and O–H groups in total. The van der Waals surface area contributed by atoms with Crippen molar-refractivity contribution in [2.24, 2.45) is 0 Å². The Bertz CT molecular complexity index is 798. The molecule has 150 valence electrons. The molecule has 0 aliphatic carbocycles. The van der Waals surface area contributed by atoms with Crippen molar-refractivity contribution in [2.45, 2.75) is 32.9 Å². The highest BCUT2D eigenvalue weighted by Gasteiger charge is 2.26. The van der Waals surface area contributed by atoms with Gasteiger partial charge in [0.1, 0.15) is 11.8 Å². The molecule has 28 heavy (non-hydrogen) atoms. The molecule has 0 saturated carbocycles. The molecule has 0 spiro atoms. The summed E-state index contributed by atoms with van der Waals surface area (Å²) in [7, 11) is 0. The van der Waals surface area contributed by atoms with Gasteiger partial charge in [0.05, 0.1) is 5.02 Å². The second kappa shape index (κ2) is 11.1. The second-order valence-corrected chi connectivity index (χ2v) is 7.66. The lowest BCUT2D eigenvalue weighted by molar-refractivity contribution is -0.142. The molecule has 0 saturated heterocycles. The number of carbonyl (C=O) groups excluding carboxylic acids is 2. The first-order valence-corrected chi connectivity index (χ1v) is 10.3. The summed E-state index contributed by atoms with van der Waals surface area (Å²) in [5.74, 6) is -0.0451. The second-order valence-electron chi connectivity index (χ2n) is 6.33. The molecule has 0 fully saturated rings. The van der Waals surface area contributed by atoms with Gasteiger partial charge in [0.25, 0.3) is 5.91 Å². The molecule has 0 heterocycles. The highest BCUT2D eigenvalue weighted by molar-refractivity contribution is 9.10. The van der Waals surface area contributed by atoms with E-state index in [1.54, 1.807) is 31.2 Å². The molecule has 5 nitrogen and oxygen atoms in total. The summed E-state index contributed by atoms with van der Waals surface area (Å²) in [4.78, 5) is 26.9. The van der Waals surface area contributed by atoms with Crippen LogP contribution in [0, 0.1) is 0 Å². The summed E-state index contributed by atoms with van der Waals surface area (Å²) in [6.07, 6.45) is 0.828. The highest BCUT2D eigenvalue weighted by Crippen LogP contribution is 2.23. The average molecular weight is 468 g/mol. The van der Waals surface area contributed by atoms with Crippen molar-refractivity contribution in [3.63, 3.8) is 0 Å². The van der Waals surface area contributed by atoms with E-state index in [-0.39, 0.29) is 18.4 Å². The highest BCUT2D eigenvalue weighted by atomic mass is 79.9. The number of amides is 2. The van der Waals surface area contributed by atoms with E-state index >= 15 is 0 Å². The Morgan fingerprint density at radius 2 is 1.86 bits per heavy atom. The molecule has 2 aromatic carbocycles. The predicted octanol–water partition coefficient (Wildman–Crippen LogP) is 4.42. The van der Waals surface area contributed by atoms with Crippen LogP contribution >= 0.6 is 27.5 Å². The summed E-state index contributed by atoms with van der Waals surface area (Å²) in [6.45, 7) is 4.37. The summed E-state index contributed by atoms with van der Waals surface area (Å²) >= 11 is 9.49. The van der Waals surface area contributed by atoms with Gasteiger partial charge in [0.15, 0.2) is 6.61 Å². The van der Waals surface area contributed by atoms with E-state index in [1.165, 1.54) is 4.90 Å². The number of halogens is 2. The lowest BCUT2D eigenvalue weighted by Gasteiger charge is -2.28. The van der Waals surface area contributed by atoms with E-state index in [0.717, 1.165) is 16.5 Å². The van der Waals surface area contributed by atoms with Crippen molar-refractivity contribution in [1.82, 2.24) is 10.2 Å². The van der Waals surface area contributed by atoms with Crippen LogP contribution in [0.3, 0.4) is 0 Å². The number of hydrogen-bond acceptors (Lipinski definition) is 3. The van der Waals surface area contributed by atoms with Crippen LogP contribution in [0.15, 0.2) is 53.0 Å². The van der Waals surface area contributed by atoms with Crippen LogP contribution in [-0.4, -0.2) is 35.9 Å². The first kappa shape index (κ1) is 22.2. The van der Waals surface area contributed by atoms with Crippen molar-refractivity contribution < 1.29 is 14.3 Å². The number of carbonyl (C=O) groups is 2. The molecule has 0 unspecified atom stereocenters. The van der Waals surface area contributed by atoms with Gasteiger partial charge in [0.2, 0.25) is 5.91 Å². The Kier molecular flexibility index (Phi) is 8.80. The fourth-order valence-corrected chi connectivity index (χ4v) is 3.00. The van der Waals surface area contributed by atoms with E-state index in [2.05, 4.69) is 21.2 Å². The van der Waals surface area contributed by atoms with E-state index < -0.39 is 6.04 Å². The Balaban J connectivity index is 2.13. The van der Waals surface area contributed by atoms with E-state index in [9.17, 15) is 9.59 Å². The van der Waals surface area contributed by atoms with Gasteiger partial charge in [-0.25, -0.2) is 0 Å². The van der Waals surface area contributed by atoms with Gasteiger partial charge >= 0.3 is 0 Å². The third-order valence-corrected chi connectivity index (χ3v) is 5.01. The summed E-state index contributed by atoms with van der Waals surface area (Å²) < 4.78 is 6.53. The maximum absolute atomic E-state index is 12.9. The Morgan fingerprint density at radius 3 is 2.50 bits per heavy atom. The standard InChI is InChI=1S/C21H24BrClN2O3/c1-3-12-24-21(27)15(2)25(13-16-8-10-17(22)11-9-16)20(26)14-28-19-7-5-4-6-18(19)23/h4-11,15H,3,12-14H2,1-2H3,(H,24,27)/t15-/m1/s1. The molecular formula is C21H24BrClN2O3. The number of para-hydroxylation sites is 1. The van der Waals surface area contributed by atoms with E-state index in [0.29, 0.717) is 23.9 Å². The number of ether oxygens (including phenoxy) is 1. The van der Waals surface area contributed by atoms with E-state index in [4.69, 9.17) is 16.3 Å². The fraction of sp³-hybridized carbons (Fsp3) is 0.333. The van der Waals surface area contributed by atoms with Gasteiger partial charge in [-0.3, -0.25) is 9.59 Å². The zero-order valence-corrected chi connectivity index (χ0v) is 18.3. The topological polar surface area (TPSA) is 58.6 Å². The molecule has 7 heteroatoms. The summed E-state index contributed by atoms with van der Waals surface area (Å²) in [5, 5.41) is 3.28. The van der Waals surface area contributed by atoms with Crippen LogP contribution in [0.4, 0.5) is 0 Å². The van der Waals surface area contributed by atoms with Gasteiger partial charge in [-0.2, -0.15) is 0 Å². The van der Waals surface area contributed by atoms with Crippen molar-refractivity contribution in [1.29, 1.82) is 0 Å². The monoisotopic (exact) mass is 466 g/mol. The zero-order chi connectivity index (χ0) is 20.5. The number of hydrogen-bond donors (Lipinski definition) is 1. The Labute approximate surface area is 179 Å². The smallest absolute Gasteiger partial charge is 0.261 e. The van der Waals surface area contributed by atoms with Gasteiger partial charge in [-0.1, -0.05) is 58.7 Å². The van der Waals surface area contributed by atoms with Crippen LogP contribution in [0.25, 0.3) is 0 Å². The molecule has 2 aromatic rings. The van der Waals surface area contributed by atoms with Crippen molar-refractivity contribution in [3.8, 4) is 5.75 Å². The van der Waals surface area contributed by atoms with Crippen LogP contribution in [0.5, 0.6) is 5.75 Å². The van der Waals surface area contributed by atoms with Crippen LogP contribution in [0.2, 0.25) is 5.02 Å². The molecule has 0 radical (unpaired) electrons. The minimum absolute atomic E-state index is 0.190. The van der Waals surface area contributed by atoms with Crippen LogP contribution < -0.4 is 10.1 Å². The zero-order valence-electron chi connectivity index (χ0n) is 16.0. The number of benzene rings is 2. The van der Waals surface area contributed by atoms with Gasteiger partial charge < -0.3 is 15.0 Å². The summed E-state index contributed by atoms with van der Waals surface area (Å²) in [6, 6.07) is 14.0. The minimum Gasteiger partial charge on any atom is -0.482 e. The van der Waals surface area contributed by atoms with Crippen molar-refractivity contribution >= 4 is 39.3 Å². The first-order valence-electron chi connectivity index (χ1n) is 9.11. The molecular weight excluding hydrogens is 444 g/mol. The molecule has 0 aliphatic heterocycles. The third kappa shape index (κ3) is 6.53. The summed E-state index contributed by atoms with van der Waals surface area (Å²) in [5.41, 5.74) is 0.921. The van der Waals surface area contributed by atoms with E-state index in [1.807, 2.05) is 31.2 Å². The molecule has 0 aliphatic rings. The number of nitrogens with one attached hydrogen (secondary N) is 1. The largest absolute Gasteiger partial charge is 0.482 e. The number of nitrogens with zero attached hydrogens (tertiary/aromatic N) is 1. The molecule has 2 rings (SSSR count). The maximum atomic E-state index is 12.9. The van der Waals surface area contributed by atoms with Crippen molar-refractivity contribution in [2.75, 3.05) is 13.2 Å². The SMILES string of the molecule is CCCNC(=O)[C@@H](C)N(Cc1ccc(Br)cc1)C(=O)COc1ccccc1Cl. The van der Waals surface area contributed by atoms with Gasteiger partial charge in [0, 0.05) is 17.6 Å². The molecule has 2 amide bonds. The molecule has 0 aromatic heterocycles. The molecule has 1 atom stereocenters. The lowest BCUT2D eigenvalue weighted by atomic mass is 10.1.